The molecule has 0 unspecified atom stereocenters. The van der Waals surface area contributed by atoms with E-state index in [1.54, 1.807) is 41.5 Å². The summed E-state index contributed by atoms with van der Waals surface area (Å²) in [5, 5.41) is 7.19. The van der Waals surface area contributed by atoms with Gasteiger partial charge in [-0.3, -0.25) is 4.79 Å². The van der Waals surface area contributed by atoms with Gasteiger partial charge in [-0.25, -0.2) is 9.67 Å². The van der Waals surface area contributed by atoms with E-state index in [2.05, 4.69) is 46.6 Å². The topological polar surface area (TPSA) is 59.8 Å². The molecule has 0 spiro atoms. The molecule has 0 radical (unpaired) electrons. The van der Waals surface area contributed by atoms with Crippen molar-refractivity contribution in [3.8, 4) is 5.82 Å². The maximum atomic E-state index is 12.7. The summed E-state index contributed by atoms with van der Waals surface area (Å²) < 4.78 is 1.59. The van der Waals surface area contributed by atoms with Gasteiger partial charge in [-0.1, -0.05) is 31.2 Å². The van der Waals surface area contributed by atoms with Crippen molar-refractivity contribution in [3.05, 3.63) is 77.7 Å². The molecule has 0 fully saturated rings. The Bertz CT molecular complexity index is 810. The first kappa shape index (κ1) is 15.9. The summed E-state index contributed by atoms with van der Waals surface area (Å²) in [6.45, 7) is 4.10. The van der Waals surface area contributed by atoms with E-state index in [1.807, 2.05) is 6.92 Å². The summed E-state index contributed by atoms with van der Waals surface area (Å²) in [6, 6.07) is 13.5. The fourth-order valence-corrected chi connectivity index (χ4v) is 2.55. The van der Waals surface area contributed by atoms with E-state index in [-0.39, 0.29) is 11.9 Å². The molecule has 2 aromatic heterocycles. The van der Waals surface area contributed by atoms with Crippen LogP contribution in [0.3, 0.4) is 0 Å². The summed E-state index contributed by atoms with van der Waals surface area (Å²) in [5.74, 6) is 0.356. The van der Waals surface area contributed by atoms with E-state index in [1.165, 1.54) is 5.56 Å². The Hall–Kier alpha value is -2.95. The molecule has 1 atom stereocenters. The van der Waals surface area contributed by atoms with Crippen LogP contribution < -0.4 is 5.32 Å². The van der Waals surface area contributed by atoms with Gasteiger partial charge < -0.3 is 5.32 Å². The molecule has 1 aromatic carbocycles. The monoisotopic (exact) mass is 320 g/mol. The molecule has 2 heterocycles. The standard InChI is InChI=1S/C19H20N4O/c1-3-15-7-9-16(10-8-15)14(2)22-19(24)17-6-4-11-20-18(17)23-13-5-12-21-23/h4-14H,3H2,1-2H3,(H,22,24)/t14-/m1/s1. The molecule has 122 valence electrons. The summed E-state index contributed by atoms with van der Waals surface area (Å²) in [5.41, 5.74) is 2.86. The van der Waals surface area contributed by atoms with Crippen LogP contribution in [0, 0.1) is 0 Å². The zero-order valence-electron chi connectivity index (χ0n) is 13.8. The molecule has 1 N–H and O–H groups in total. The molecule has 0 aliphatic rings. The first-order valence-corrected chi connectivity index (χ1v) is 8.03. The third-order valence-electron chi connectivity index (χ3n) is 3.99. The number of benzene rings is 1. The Labute approximate surface area is 141 Å². The highest BCUT2D eigenvalue weighted by Gasteiger charge is 2.16. The number of carbonyl (C=O) groups is 1. The van der Waals surface area contributed by atoms with Gasteiger partial charge >= 0.3 is 0 Å². The molecular formula is C19H20N4O. The van der Waals surface area contributed by atoms with Gasteiger partial charge in [0, 0.05) is 18.6 Å². The van der Waals surface area contributed by atoms with Crippen molar-refractivity contribution in [2.45, 2.75) is 26.3 Å². The van der Waals surface area contributed by atoms with Gasteiger partial charge in [0.2, 0.25) is 0 Å². The Morgan fingerprint density at radius 2 is 1.96 bits per heavy atom. The fraction of sp³-hybridized carbons (Fsp3) is 0.211. The lowest BCUT2D eigenvalue weighted by Crippen LogP contribution is -2.28. The summed E-state index contributed by atoms with van der Waals surface area (Å²) >= 11 is 0. The average molecular weight is 320 g/mol. The molecule has 3 aromatic rings. The number of nitrogens with one attached hydrogen (secondary N) is 1. The maximum absolute atomic E-state index is 12.7. The third kappa shape index (κ3) is 3.35. The van der Waals surface area contributed by atoms with Crippen LogP contribution in [-0.4, -0.2) is 20.7 Å². The number of rotatable bonds is 5. The van der Waals surface area contributed by atoms with Crippen molar-refractivity contribution in [3.63, 3.8) is 0 Å². The Morgan fingerprint density at radius 1 is 1.17 bits per heavy atom. The van der Waals surface area contributed by atoms with E-state index < -0.39 is 0 Å². The quantitative estimate of drug-likeness (QED) is 0.784. The van der Waals surface area contributed by atoms with Gasteiger partial charge in [0.15, 0.2) is 5.82 Å². The number of aryl methyl sites for hydroxylation is 1. The molecule has 3 rings (SSSR count). The van der Waals surface area contributed by atoms with Crippen LogP contribution in [0.25, 0.3) is 5.82 Å². The second kappa shape index (κ2) is 7.08. The maximum Gasteiger partial charge on any atom is 0.255 e. The molecule has 5 heteroatoms. The second-order valence-electron chi connectivity index (χ2n) is 5.62. The molecule has 5 nitrogen and oxygen atoms in total. The van der Waals surface area contributed by atoms with Gasteiger partial charge in [0.25, 0.3) is 5.91 Å². The Morgan fingerprint density at radius 3 is 2.62 bits per heavy atom. The Kier molecular flexibility index (Phi) is 4.70. The average Bonchev–Trinajstić information content (AvgIpc) is 3.16. The van der Waals surface area contributed by atoms with Crippen molar-refractivity contribution in [1.29, 1.82) is 0 Å². The molecule has 0 aliphatic heterocycles. The molecule has 0 bridgehead atoms. The lowest BCUT2D eigenvalue weighted by atomic mass is 10.0. The van der Waals surface area contributed by atoms with Crippen molar-refractivity contribution < 1.29 is 4.79 Å². The number of hydrogen-bond acceptors (Lipinski definition) is 3. The van der Waals surface area contributed by atoms with E-state index in [4.69, 9.17) is 0 Å². The van der Waals surface area contributed by atoms with Crippen LogP contribution in [0.5, 0.6) is 0 Å². The first-order chi connectivity index (χ1) is 11.7. The molecule has 24 heavy (non-hydrogen) atoms. The van der Waals surface area contributed by atoms with Gasteiger partial charge in [0.1, 0.15) is 0 Å². The molecule has 0 saturated heterocycles. The number of carbonyl (C=O) groups excluding carboxylic acids is 1. The number of nitrogens with zero attached hydrogens (tertiary/aromatic N) is 3. The zero-order chi connectivity index (χ0) is 16.9. The Balaban J connectivity index is 1.80. The molecule has 0 saturated carbocycles. The van der Waals surface area contributed by atoms with Crippen LogP contribution in [-0.2, 0) is 6.42 Å². The lowest BCUT2D eigenvalue weighted by molar-refractivity contribution is 0.0939. The fourth-order valence-electron chi connectivity index (χ4n) is 2.55. The van der Waals surface area contributed by atoms with Crippen LogP contribution in [0.4, 0.5) is 0 Å². The normalized spacial score (nSPS) is 11.9. The summed E-state index contributed by atoms with van der Waals surface area (Å²) in [4.78, 5) is 17.0. The van der Waals surface area contributed by atoms with Crippen molar-refractivity contribution in [2.75, 3.05) is 0 Å². The van der Waals surface area contributed by atoms with Crippen LogP contribution in [0.15, 0.2) is 61.1 Å². The van der Waals surface area contributed by atoms with Crippen LogP contribution in [0.2, 0.25) is 0 Å². The highest BCUT2D eigenvalue weighted by molar-refractivity contribution is 5.97. The lowest BCUT2D eigenvalue weighted by Gasteiger charge is -2.16. The molecule has 1 amide bonds. The van der Waals surface area contributed by atoms with E-state index >= 15 is 0 Å². The smallest absolute Gasteiger partial charge is 0.255 e. The highest BCUT2D eigenvalue weighted by atomic mass is 16.1. The van der Waals surface area contributed by atoms with Crippen molar-refractivity contribution >= 4 is 5.91 Å². The second-order valence-corrected chi connectivity index (χ2v) is 5.62. The van der Waals surface area contributed by atoms with Crippen LogP contribution >= 0.6 is 0 Å². The summed E-state index contributed by atoms with van der Waals surface area (Å²) in [6.07, 6.45) is 6.09. The number of aromatic nitrogens is 3. The van der Waals surface area contributed by atoms with Gasteiger partial charge in [-0.2, -0.15) is 5.10 Å². The van der Waals surface area contributed by atoms with E-state index in [0.717, 1.165) is 12.0 Å². The van der Waals surface area contributed by atoms with Crippen molar-refractivity contribution in [1.82, 2.24) is 20.1 Å². The van der Waals surface area contributed by atoms with Gasteiger partial charge in [-0.15, -0.1) is 0 Å². The number of pyridine rings is 1. The van der Waals surface area contributed by atoms with Gasteiger partial charge in [-0.05, 0) is 42.7 Å². The van der Waals surface area contributed by atoms with E-state index in [0.29, 0.717) is 11.4 Å². The predicted octanol–water partition coefficient (Wildman–Crippen LogP) is 3.32. The largest absolute Gasteiger partial charge is 0.345 e. The predicted molar refractivity (Wildman–Crippen MR) is 93.1 cm³/mol. The van der Waals surface area contributed by atoms with Gasteiger partial charge in [0.05, 0.1) is 11.6 Å². The van der Waals surface area contributed by atoms with Crippen molar-refractivity contribution in [2.24, 2.45) is 0 Å². The highest BCUT2D eigenvalue weighted by Crippen LogP contribution is 2.16. The molecular weight excluding hydrogens is 300 g/mol. The minimum absolute atomic E-state index is 0.0888. The number of hydrogen-bond donors (Lipinski definition) is 1. The minimum atomic E-state index is -0.166. The minimum Gasteiger partial charge on any atom is -0.345 e. The van der Waals surface area contributed by atoms with E-state index in [9.17, 15) is 4.79 Å². The first-order valence-electron chi connectivity index (χ1n) is 8.03. The van der Waals surface area contributed by atoms with Crippen LogP contribution in [0.1, 0.15) is 41.4 Å². The molecule has 0 aliphatic carbocycles. The third-order valence-corrected chi connectivity index (χ3v) is 3.99. The summed E-state index contributed by atoms with van der Waals surface area (Å²) in [7, 11) is 0. The SMILES string of the molecule is CCc1ccc([C@@H](C)NC(=O)c2cccnc2-n2cccn2)cc1. The zero-order valence-corrected chi connectivity index (χ0v) is 13.8. The number of amides is 1.